The maximum atomic E-state index is 13.3. The molecule has 0 amide bonds. The Morgan fingerprint density at radius 1 is 1.33 bits per heavy atom. The minimum absolute atomic E-state index is 0.0826. The molecule has 1 N–H and O–H groups in total. The number of likely N-dealkylation sites (N-methyl/N-ethyl adjacent to an activating group) is 1. The van der Waals surface area contributed by atoms with Crippen molar-refractivity contribution >= 4 is 26.0 Å². The molecule has 0 bridgehead atoms. The molecule has 3 rings (SSSR count). The Kier molecular flexibility index (Phi) is 7.52. The molecule has 0 saturated carbocycles. The van der Waals surface area contributed by atoms with E-state index in [-0.39, 0.29) is 30.1 Å². The van der Waals surface area contributed by atoms with Gasteiger partial charge in [0.2, 0.25) is 10.0 Å². The Labute approximate surface area is 186 Å². The third kappa shape index (κ3) is 5.20. The van der Waals surface area contributed by atoms with Crippen LogP contribution in [0.3, 0.4) is 0 Å². The van der Waals surface area contributed by atoms with Crippen LogP contribution in [-0.2, 0) is 16.6 Å². The average Bonchev–Trinajstić information content (AvgIpc) is 2.70. The molecule has 0 radical (unpaired) electrons. The van der Waals surface area contributed by atoms with Crippen molar-refractivity contribution in [3.05, 3.63) is 52.8 Å². The van der Waals surface area contributed by atoms with E-state index < -0.39 is 16.1 Å². The van der Waals surface area contributed by atoms with Crippen LogP contribution in [0.2, 0.25) is 0 Å². The first-order valence-corrected chi connectivity index (χ1v) is 12.1. The highest BCUT2D eigenvalue weighted by atomic mass is 79.9. The molecule has 1 aromatic carbocycles. The zero-order valence-electron chi connectivity index (χ0n) is 17.4. The zero-order valence-corrected chi connectivity index (χ0v) is 19.8. The topological polar surface area (TPSA) is 83.0 Å². The zero-order chi connectivity index (χ0) is 21.9. The summed E-state index contributed by atoms with van der Waals surface area (Å²) in [6.45, 7) is 5.08. The fourth-order valence-electron chi connectivity index (χ4n) is 3.59. The highest BCUT2D eigenvalue weighted by Crippen LogP contribution is 2.35. The van der Waals surface area contributed by atoms with Crippen LogP contribution in [0, 0.1) is 5.92 Å². The van der Waals surface area contributed by atoms with E-state index in [0.717, 1.165) is 16.6 Å². The molecule has 30 heavy (non-hydrogen) atoms. The lowest BCUT2D eigenvalue weighted by molar-refractivity contribution is 0.0733. The first-order chi connectivity index (χ1) is 14.2. The van der Waals surface area contributed by atoms with Crippen molar-refractivity contribution in [2.45, 2.75) is 37.4 Å². The molecule has 9 heteroatoms. The number of sulfonamides is 1. The molecule has 0 fully saturated rings. The third-order valence-corrected chi connectivity index (χ3v) is 7.84. The van der Waals surface area contributed by atoms with Gasteiger partial charge in [-0.3, -0.25) is 9.88 Å². The highest BCUT2D eigenvalue weighted by Gasteiger charge is 2.38. The number of pyridine rings is 1. The number of fused-ring (bicyclic) bond motifs is 1. The van der Waals surface area contributed by atoms with Gasteiger partial charge in [-0.15, -0.1) is 0 Å². The number of benzene rings is 1. The Hall–Kier alpha value is -1.52. The first kappa shape index (κ1) is 23.1. The molecule has 0 aliphatic carbocycles. The van der Waals surface area contributed by atoms with Crippen LogP contribution >= 0.6 is 15.9 Å². The summed E-state index contributed by atoms with van der Waals surface area (Å²) in [5, 5.41) is 9.68. The number of hydrogen-bond donors (Lipinski definition) is 1. The molecule has 3 atom stereocenters. The summed E-state index contributed by atoms with van der Waals surface area (Å²) in [7, 11) is -1.78. The number of ether oxygens (including phenoxy) is 1. The molecule has 1 aromatic heterocycles. The minimum Gasteiger partial charge on any atom is -0.487 e. The van der Waals surface area contributed by atoms with Crippen molar-refractivity contribution in [1.82, 2.24) is 14.2 Å². The summed E-state index contributed by atoms with van der Waals surface area (Å²) >= 11 is 3.42. The number of aliphatic hydroxyl groups is 1. The highest BCUT2D eigenvalue weighted by molar-refractivity contribution is 9.10. The lowest BCUT2D eigenvalue weighted by atomic mass is 10.0. The van der Waals surface area contributed by atoms with Crippen LogP contribution in [0.5, 0.6) is 5.75 Å². The molecule has 2 aromatic rings. The third-order valence-electron chi connectivity index (χ3n) is 5.32. The average molecular weight is 498 g/mol. The molecule has 1 aliphatic heterocycles. The molecule has 1 aliphatic rings. The van der Waals surface area contributed by atoms with Crippen molar-refractivity contribution in [3.63, 3.8) is 0 Å². The Bertz CT molecular complexity index is 958. The van der Waals surface area contributed by atoms with E-state index in [9.17, 15) is 13.5 Å². The van der Waals surface area contributed by atoms with Crippen LogP contribution in [-0.4, -0.2) is 66.6 Å². The van der Waals surface area contributed by atoms with E-state index in [0.29, 0.717) is 12.3 Å². The second-order valence-corrected chi connectivity index (χ2v) is 10.7. The van der Waals surface area contributed by atoms with Gasteiger partial charge in [0.05, 0.1) is 6.61 Å². The number of rotatable bonds is 6. The smallest absolute Gasteiger partial charge is 0.247 e. The van der Waals surface area contributed by atoms with Crippen molar-refractivity contribution in [2.24, 2.45) is 5.92 Å². The van der Waals surface area contributed by atoms with Crippen molar-refractivity contribution < 1.29 is 18.3 Å². The van der Waals surface area contributed by atoms with E-state index in [4.69, 9.17) is 4.74 Å². The van der Waals surface area contributed by atoms with Gasteiger partial charge >= 0.3 is 0 Å². The van der Waals surface area contributed by atoms with Gasteiger partial charge in [0.25, 0.3) is 0 Å². The van der Waals surface area contributed by atoms with Gasteiger partial charge < -0.3 is 9.84 Å². The Morgan fingerprint density at radius 2 is 2.03 bits per heavy atom. The van der Waals surface area contributed by atoms with Gasteiger partial charge in [0.15, 0.2) is 0 Å². The second kappa shape index (κ2) is 9.74. The number of hydrogen-bond acceptors (Lipinski definition) is 6. The van der Waals surface area contributed by atoms with E-state index in [1.807, 2.05) is 26.1 Å². The van der Waals surface area contributed by atoms with Crippen molar-refractivity contribution in [2.75, 3.05) is 26.7 Å². The van der Waals surface area contributed by atoms with Crippen LogP contribution in [0.15, 0.2) is 52.1 Å². The SMILES string of the molecule is C[C@H]1CN([C@@H](C)CO)S(=O)(=O)c2ccc(Br)cc2O[C@@H]1CN(C)Cc1ccncc1. The lowest BCUT2D eigenvalue weighted by Gasteiger charge is -2.37. The number of halogens is 1. The predicted molar refractivity (Wildman–Crippen MR) is 119 cm³/mol. The van der Waals surface area contributed by atoms with E-state index in [2.05, 4.69) is 25.8 Å². The summed E-state index contributed by atoms with van der Waals surface area (Å²) in [6.07, 6.45) is 3.31. The van der Waals surface area contributed by atoms with Crippen LogP contribution in [0.4, 0.5) is 0 Å². The largest absolute Gasteiger partial charge is 0.487 e. The molecule has 0 unspecified atom stereocenters. The monoisotopic (exact) mass is 497 g/mol. The second-order valence-electron chi connectivity index (χ2n) is 7.88. The van der Waals surface area contributed by atoms with Gasteiger partial charge in [-0.2, -0.15) is 4.31 Å². The lowest BCUT2D eigenvalue weighted by Crippen LogP contribution is -2.49. The summed E-state index contributed by atoms with van der Waals surface area (Å²) in [6, 6.07) is 8.37. The van der Waals surface area contributed by atoms with Gasteiger partial charge in [-0.1, -0.05) is 22.9 Å². The number of aromatic nitrogens is 1. The quantitative estimate of drug-likeness (QED) is 0.660. The predicted octanol–water partition coefficient (Wildman–Crippen LogP) is 2.74. The molecule has 7 nitrogen and oxygen atoms in total. The van der Waals surface area contributed by atoms with E-state index >= 15 is 0 Å². The number of nitrogens with zero attached hydrogens (tertiary/aromatic N) is 3. The van der Waals surface area contributed by atoms with E-state index in [1.165, 1.54) is 4.31 Å². The molecule has 164 valence electrons. The van der Waals surface area contributed by atoms with E-state index in [1.54, 1.807) is 37.5 Å². The standard InChI is InChI=1S/C21H28BrN3O4S/c1-15-11-25(16(2)14-26)30(27,28)21-5-4-18(22)10-19(21)29-20(15)13-24(3)12-17-6-8-23-9-7-17/h4-10,15-16,20,26H,11-14H2,1-3H3/t15-,16-,20+/m0/s1. The van der Waals surface area contributed by atoms with Crippen LogP contribution in [0.25, 0.3) is 0 Å². The first-order valence-electron chi connectivity index (χ1n) is 9.88. The van der Waals surface area contributed by atoms with Gasteiger partial charge in [0.1, 0.15) is 16.7 Å². The Morgan fingerprint density at radius 3 is 2.70 bits per heavy atom. The van der Waals surface area contributed by atoms with Gasteiger partial charge in [-0.25, -0.2) is 8.42 Å². The van der Waals surface area contributed by atoms with Crippen molar-refractivity contribution in [3.8, 4) is 5.75 Å². The maximum absolute atomic E-state index is 13.3. The summed E-state index contributed by atoms with van der Waals surface area (Å²) in [4.78, 5) is 6.33. The maximum Gasteiger partial charge on any atom is 0.247 e. The fourth-order valence-corrected chi connectivity index (χ4v) is 5.75. The van der Waals surface area contributed by atoms with Crippen LogP contribution in [0.1, 0.15) is 19.4 Å². The molecular weight excluding hydrogens is 470 g/mol. The number of aliphatic hydroxyl groups excluding tert-OH is 1. The minimum atomic E-state index is -3.80. The van der Waals surface area contributed by atoms with Gasteiger partial charge in [0, 0.05) is 48.5 Å². The molecule has 0 saturated heterocycles. The van der Waals surface area contributed by atoms with Crippen molar-refractivity contribution in [1.29, 1.82) is 0 Å². The summed E-state index contributed by atoms with van der Waals surface area (Å²) in [5.41, 5.74) is 1.15. The fraction of sp³-hybridized carbons (Fsp3) is 0.476. The van der Waals surface area contributed by atoms with Crippen LogP contribution < -0.4 is 4.74 Å². The molecule has 2 heterocycles. The summed E-state index contributed by atoms with van der Waals surface area (Å²) < 4.78 is 35.0. The summed E-state index contributed by atoms with van der Waals surface area (Å²) in [5.74, 6) is 0.245. The van der Waals surface area contributed by atoms with Gasteiger partial charge in [-0.05, 0) is 49.9 Å². The molecular formula is C21H28BrN3O4S. The normalized spacial score (nSPS) is 22.6. The Balaban J connectivity index is 1.92. The molecule has 0 spiro atoms.